The number of imide groups is 1. The summed E-state index contributed by atoms with van der Waals surface area (Å²) in [4.78, 5) is 28.3. The zero-order chi connectivity index (χ0) is 21.4. The van der Waals surface area contributed by atoms with Crippen LogP contribution in [0.25, 0.3) is 0 Å². The Bertz CT molecular complexity index is 937. The number of aryl methyl sites for hydroxylation is 1. The number of benzene rings is 2. The molecule has 0 bridgehead atoms. The van der Waals surface area contributed by atoms with E-state index in [0.29, 0.717) is 0 Å². The van der Waals surface area contributed by atoms with Crippen LogP contribution in [0.1, 0.15) is 22.9 Å². The molecule has 2 aliphatic rings. The molecule has 4 unspecified atom stereocenters. The Hall–Kier alpha value is -2.42. The highest BCUT2D eigenvalue weighted by molar-refractivity contribution is 7.99. The van der Waals surface area contributed by atoms with Gasteiger partial charge < -0.3 is 4.90 Å². The number of carbonyl (C=O) groups is 2. The number of rotatable bonds is 4. The molecule has 0 saturated carbocycles. The van der Waals surface area contributed by atoms with Gasteiger partial charge in [-0.25, -0.2) is 9.18 Å². The lowest BCUT2D eigenvalue weighted by atomic mass is 9.96. The lowest BCUT2D eigenvalue weighted by molar-refractivity contribution is -0.140. The number of hydrogen-bond donors (Lipinski definition) is 2. The summed E-state index contributed by atoms with van der Waals surface area (Å²) in [6.07, 6.45) is -0.762. The first-order chi connectivity index (χ1) is 14.3. The second-order valence-corrected chi connectivity index (χ2v) is 8.93. The summed E-state index contributed by atoms with van der Waals surface area (Å²) in [5, 5.41) is 6.64. The monoisotopic (exact) mass is 428 g/mol. The van der Waals surface area contributed by atoms with Crippen LogP contribution >= 0.6 is 11.8 Å². The van der Waals surface area contributed by atoms with Crippen molar-refractivity contribution in [1.29, 1.82) is 0 Å². The lowest BCUT2D eigenvalue weighted by Gasteiger charge is -2.50. The van der Waals surface area contributed by atoms with Crippen molar-refractivity contribution in [3.63, 3.8) is 0 Å². The fraction of sp³-hybridized carbons (Fsp3) is 0.364. The Labute approximate surface area is 179 Å². The van der Waals surface area contributed by atoms with Crippen molar-refractivity contribution in [1.82, 2.24) is 20.4 Å². The van der Waals surface area contributed by atoms with E-state index in [-0.39, 0.29) is 29.3 Å². The summed E-state index contributed by atoms with van der Waals surface area (Å²) < 4.78 is 13.4. The van der Waals surface area contributed by atoms with Gasteiger partial charge in [-0.3, -0.25) is 20.3 Å². The molecular formula is C22H25FN4O2S. The minimum absolute atomic E-state index is 0.206. The van der Waals surface area contributed by atoms with Crippen LogP contribution in [0.3, 0.4) is 0 Å². The average Bonchev–Trinajstić information content (AvgIpc) is 2.75. The molecule has 8 heteroatoms. The Balaban J connectivity index is 1.61. The summed E-state index contributed by atoms with van der Waals surface area (Å²) in [5.41, 5.74) is 3.22. The fourth-order valence-electron chi connectivity index (χ4n) is 3.92. The predicted molar refractivity (Wildman–Crippen MR) is 115 cm³/mol. The Kier molecular flexibility index (Phi) is 5.81. The molecule has 158 valence electrons. The molecule has 6 nitrogen and oxygen atoms in total. The number of halogens is 1. The lowest BCUT2D eigenvalue weighted by Crippen LogP contribution is -2.72. The maximum atomic E-state index is 13.4. The van der Waals surface area contributed by atoms with Crippen LogP contribution < -0.4 is 10.6 Å². The highest BCUT2D eigenvalue weighted by Crippen LogP contribution is 2.35. The fourth-order valence-corrected chi connectivity index (χ4v) is 5.19. The number of hydrogen-bond acceptors (Lipinski definition) is 5. The summed E-state index contributed by atoms with van der Waals surface area (Å²) in [5.74, 6) is -0.224. The molecule has 2 aliphatic heterocycles. The molecule has 3 amide bonds. The molecular weight excluding hydrogens is 403 g/mol. The molecule has 2 aromatic rings. The largest absolute Gasteiger partial charge is 0.327 e. The molecule has 0 aliphatic carbocycles. The van der Waals surface area contributed by atoms with Crippen molar-refractivity contribution in [3.8, 4) is 0 Å². The normalized spacial score (nSPS) is 26.7. The van der Waals surface area contributed by atoms with Gasteiger partial charge in [0.25, 0.3) is 0 Å². The average molecular weight is 429 g/mol. The van der Waals surface area contributed by atoms with Crippen molar-refractivity contribution < 1.29 is 14.0 Å². The van der Waals surface area contributed by atoms with E-state index in [0.717, 1.165) is 11.3 Å². The van der Waals surface area contributed by atoms with Gasteiger partial charge in [-0.1, -0.05) is 42.0 Å². The van der Waals surface area contributed by atoms with Crippen molar-refractivity contribution in [2.24, 2.45) is 5.92 Å². The van der Waals surface area contributed by atoms with Gasteiger partial charge in [0.2, 0.25) is 5.91 Å². The van der Waals surface area contributed by atoms with Crippen LogP contribution in [0.5, 0.6) is 0 Å². The Morgan fingerprint density at radius 1 is 1.00 bits per heavy atom. The van der Waals surface area contributed by atoms with Crippen LogP contribution in [-0.2, 0) is 10.5 Å². The van der Waals surface area contributed by atoms with E-state index in [4.69, 9.17) is 0 Å². The van der Waals surface area contributed by atoms with Crippen LogP contribution in [0.15, 0.2) is 48.5 Å². The minimum Gasteiger partial charge on any atom is -0.311 e. The third kappa shape index (κ3) is 3.95. The van der Waals surface area contributed by atoms with E-state index in [1.807, 2.05) is 6.92 Å². The number of fused-ring (bicyclic) bond motifs is 1. The topological polar surface area (TPSA) is 64.7 Å². The van der Waals surface area contributed by atoms with Crippen LogP contribution in [-0.4, -0.2) is 47.4 Å². The van der Waals surface area contributed by atoms with Crippen molar-refractivity contribution in [2.45, 2.75) is 30.4 Å². The molecule has 0 aromatic heterocycles. The SMILES string of the molecule is Cc1ccc(CSC2NC(c3ccc(F)cc3)NC3C2C(=O)N(C)C(=O)N3C)cc1. The van der Waals surface area contributed by atoms with Crippen molar-refractivity contribution in [3.05, 3.63) is 71.0 Å². The van der Waals surface area contributed by atoms with Gasteiger partial charge in [0, 0.05) is 19.8 Å². The van der Waals surface area contributed by atoms with E-state index in [2.05, 4.69) is 34.9 Å². The summed E-state index contributed by atoms with van der Waals surface area (Å²) in [6, 6.07) is 14.2. The molecule has 2 fully saturated rings. The van der Waals surface area contributed by atoms with Crippen LogP contribution in [0, 0.1) is 18.7 Å². The quantitative estimate of drug-likeness (QED) is 0.784. The highest BCUT2D eigenvalue weighted by Gasteiger charge is 2.50. The molecule has 4 rings (SSSR count). The smallest absolute Gasteiger partial charge is 0.311 e. The first-order valence-electron chi connectivity index (χ1n) is 9.84. The van der Waals surface area contributed by atoms with Gasteiger partial charge in [-0.2, -0.15) is 0 Å². The zero-order valence-electron chi connectivity index (χ0n) is 17.1. The van der Waals surface area contributed by atoms with E-state index in [1.54, 1.807) is 35.8 Å². The zero-order valence-corrected chi connectivity index (χ0v) is 17.9. The van der Waals surface area contributed by atoms with Crippen molar-refractivity contribution >= 4 is 23.7 Å². The number of carbonyl (C=O) groups excluding carboxylic acids is 2. The van der Waals surface area contributed by atoms with Gasteiger partial charge in [-0.15, -0.1) is 11.8 Å². The first kappa shape index (κ1) is 20.8. The number of urea groups is 1. The van der Waals surface area contributed by atoms with Crippen molar-refractivity contribution in [2.75, 3.05) is 14.1 Å². The summed E-state index contributed by atoms with van der Waals surface area (Å²) in [7, 11) is 3.22. The van der Waals surface area contributed by atoms with E-state index in [9.17, 15) is 14.0 Å². The van der Waals surface area contributed by atoms with Crippen LogP contribution in [0.2, 0.25) is 0 Å². The molecule has 30 heavy (non-hydrogen) atoms. The van der Waals surface area contributed by atoms with Crippen LogP contribution in [0.4, 0.5) is 9.18 Å². The predicted octanol–water partition coefficient (Wildman–Crippen LogP) is 3.05. The maximum Gasteiger partial charge on any atom is 0.327 e. The molecule has 2 saturated heterocycles. The second-order valence-electron chi connectivity index (χ2n) is 7.80. The van der Waals surface area contributed by atoms with E-state index >= 15 is 0 Å². The minimum atomic E-state index is -0.451. The standard InChI is InChI=1S/C22H25FN4O2S/c1-13-4-6-14(7-5-13)12-30-20-17-19(26(2)22(29)27(3)21(17)28)24-18(25-20)15-8-10-16(23)11-9-15/h4-11,17-20,24-25H,12H2,1-3H3. The highest BCUT2D eigenvalue weighted by atomic mass is 32.2. The number of nitrogens with one attached hydrogen (secondary N) is 2. The molecule has 2 heterocycles. The van der Waals surface area contributed by atoms with Gasteiger partial charge in [-0.05, 0) is 30.2 Å². The second kappa shape index (κ2) is 8.37. The summed E-state index contributed by atoms with van der Waals surface area (Å²) in [6.45, 7) is 2.05. The number of nitrogens with zero attached hydrogens (tertiary/aromatic N) is 2. The Morgan fingerprint density at radius 3 is 2.33 bits per heavy atom. The molecule has 0 spiro atoms. The van der Waals surface area contributed by atoms with E-state index in [1.165, 1.54) is 35.2 Å². The summed E-state index contributed by atoms with van der Waals surface area (Å²) >= 11 is 1.64. The maximum absolute atomic E-state index is 13.4. The molecule has 2 N–H and O–H groups in total. The number of amides is 3. The third-order valence-corrected chi connectivity index (χ3v) is 7.00. The third-order valence-electron chi connectivity index (χ3n) is 5.71. The molecule has 0 radical (unpaired) electrons. The molecule has 4 atom stereocenters. The van der Waals surface area contributed by atoms with Gasteiger partial charge >= 0.3 is 6.03 Å². The van der Waals surface area contributed by atoms with E-state index < -0.39 is 12.1 Å². The molecule has 2 aromatic carbocycles. The number of thioether (sulfide) groups is 1. The first-order valence-corrected chi connectivity index (χ1v) is 10.9. The van der Waals surface area contributed by atoms with Gasteiger partial charge in [0.1, 0.15) is 5.82 Å². The Morgan fingerprint density at radius 2 is 1.67 bits per heavy atom. The van der Waals surface area contributed by atoms with Gasteiger partial charge in [0.05, 0.1) is 23.6 Å². The van der Waals surface area contributed by atoms with Gasteiger partial charge in [0.15, 0.2) is 0 Å².